The Morgan fingerprint density at radius 2 is 1.79 bits per heavy atom. The van der Waals surface area contributed by atoms with Gasteiger partial charge in [-0.25, -0.2) is 0 Å². The van der Waals surface area contributed by atoms with Crippen LogP contribution in [-0.4, -0.2) is 5.91 Å². The van der Waals surface area contributed by atoms with Gasteiger partial charge in [0.05, 0.1) is 6.42 Å². The van der Waals surface area contributed by atoms with Crippen molar-refractivity contribution in [1.82, 2.24) is 5.32 Å². The monoisotopic (exact) mass is 254 g/mol. The molecule has 0 spiro atoms. The first-order valence-corrected chi connectivity index (χ1v) is 6.31. The molecule has 0 saturated carbocycles. The number of carbonyl (C=O) groups is 1. The Morgan fingerprint density at radius 1 is 1.11 bits per heavy atom. The second-order valence-electron chi connectivity index (χ2n) is 4.62. The average molecular weight is 254 g/mol. The Hall–Kier alpha value is -2.29. The Labute approximate surface area is 113 Å². The molecule has 0 atom stereocenters. The molecule has 0 fully saturated rings. The number of carbonyl (C=O) groups excluding carboxylic acids is 1. The van der Waals surface area contributed by atoms with Crippen LogP contribution >= 0.6 is 0 Å². The third kappa shape index (κ3) is 3.85. The van der Waals surface area contributed by atoms with Crippen molar-refractivity contribution in [3.05, 3.63) is 65.2 Å². The third-order valence-corrected chi connectivity index (χ3v) is 3.08. The number of benzene rings is 2. The highest BCUT2D eigenvalue weighted by Gasteiger charge is 2.05. The molecular weight excluding hydrogens is 236 g/mol. The van der Waals surface area contributed by atoms with Crippen molar-refractivity contribution in [2.24, 2.45) is 0 Å². The van der Waals surface area contributed by atoms with Crippen LogP contribution in [0.4, 0.5) is 5.69 Å². The average Bonchev–Trinajstić information content (AvgIpc) is 2.41. The van der Waals surface area contributed by atoms with Crippen LogP contribution in [0, 0.1) is 6.92 Å². The summed E-state index contributed by atoms with van der Waals surface area (Å²) in [6.07, 6.45) is 0.418. The van der Waals surface area contributed by atoms with Gasteiger partial charge in [0, 0.05) is 12.2 Å². The predicted octanol–water partition coefficient (Wildman–Crippen LogP) is 2.44. The fraction of sp³-hybridized carbons (Fsp3) is 0.188. The molecule has 19 heavy (non-hydrogen) atoms. The number of nitrogens with two attached hydrogens (primary N) is 1. The van der Waals surface area contributed by atoms with Crippen molar-refractivity contribution in [3.8, 4) is 0 Å². The number of nitrogens with one attached hydrogen (secondary N) is 1. The Bertz CT molecular complexity index is 561. The van der Waals surface area contributed by atoms with Crippen molar-refractivity contribution < 1.29 is 4.79 Å². The van der Waals surface area contributed by atoms with Crippen molar-refractivity contribution in [2.75, 3.05) is 5.73 Å². The normalized spacial score (nSPS) is 10.2. The van der Waals surface area contributed by atoms with E-state index in [1.807, 2.05) is 55.5 Å². The quantitative estimate of drug-likeness (QED) is 0.823. The van der Waals surface area contributed by atoms with Crippen LogP contribution in [0.5, 0.6) is 0 Å². The SMILES string of the molecule is Cc1ccccc1CC(=O)NCc1ccc(N)cc1. The minimum Gasteiger partial charge on any atom is -0.399 e. The zero-order valence-electron chi connectivity index (χ0n) is 11.0. The van der Waals surface area contributed by atoms with Crippen molar-refractivity contribution in [1.29, 1.82) is 0 Å². The molecule has 0 radical (unpaired) electrons. The number of amides is 1. The molecule has 0 heterocycles. The lowest BCUT2D eigenvalue weighted by Gasteiger charge is -2.07. The maximum atomic E-state index is 11.9. The second-order valence-corrected chi connectivity index (χ2v) is 4.62. The molecule has 1 amide bonds. The van der Waals surface area contributed by atoms with Gasteiger partial charge >= 0.3 is 0 Å². The minimum absolute atomic E-state index is 0.0334. The molecule has 98 valence electrons. The first kappa shape index (κ1) is 13.1. The Kier molecular flexibility index (Phi) is 4.18. The number of aryl methyl sites for hydroxylation is 1. The highest BCUT2D eigenvalue weighted by Crippen LogP contribution is 2.08. The summed E-state index contributed by atoms with van der Waals surface area (Å²) in [6.45, 7) is 2.55. The van der Waals surface area contributed by atoms with Crippen molar-refractivity contribution in [3.63, 3.8) is 0 Å². The second kappa shape index (κ2) is 6.05. The number of rotatable bonds is 4. The van der Waals surface area contributed by atoms with Crippen LogP contribution in [0.3, 0.4) is 0 Å². The lowest BCUT2D eigenvalue weighted by Crippen LogP contribution is -2.24. The molecule has 0 saturated heterocycles. The largest absolute Gasteiger partial charge is 0.399 e. The summed E-state index contributed by atoms with van der Waals surface area (Å²) in [5.41, 5.74) is 9.60. The summed E-state index contributed by atoms with van der Waals surface area (Å²) in [5, 5.41) is 2.91. The van der Waals surface area contributed by atoms with E-state index < -0.39 is 0 Å². The number of hydrogen-bond acceptors (Lipinski definition) is 2. The summed E-state index contributed by atoms with van der Waals surface area (Å²) in [4.78, 5) is 11.9. The van der Waals surface area contributed by atoms with E-state index in [2.05, 4.69) is 5.32 Å². The fourth-order valence-electron chi connectivity index (χ4n) is 1.88. The van der Waals surface area contributed by atoms with E-state index in [9.17, 15) is 4.79 Å². The first-order valence-electron chi connectivity index (χ1n) is 6.31. The number of hydrogen-bond donors (Lipinski definition) is 2. The van der Waals surface area contributed by atoms with Crippen LogP contribution in [0.1, 0.15) is 16.7 Å². The zero-order chi connectivity index (χ0) is 13.7. The lowest BCUT2D eigenvalue weighted by molar-refractivity contribution is -0.120. The molecular formula is C16H18N2O. The van der Waals surface area contributed by atoms with Gasteiger partial charge < -0.3 is 11.1 Å². The van der Waals surface area contributed by atoms with Gasteiger partial charge in [0.15, 0.2) is 0 Å². The summed E-state index contributed by atoms with van der Waals surface area (Å²) in [6, 6.07) is 15.4. The van der Waals surface area contributed by atoms with E-state index in [0.29, 0.717) is 13.0 Å². The molecule has 2 aromatic rings. The molecule has 3 heteroatoms. The smallest absolute Gasteiger partial charge is 0.224 e. The van der Waals surface area contributed by atoms with E-state index in [1.54, 1.807) is 0 Å². The molecule has 0 aliphatic carbocycles. The highest BCUT2D eigenvalue weighted by atomic mass is 16.1. The fourth-order valence-corrected chi connectivity index (χ4v) is 1.88. The maximum absolute atomic E-state index is 11.9. The topological polar surface area (TPSA) is 55.1 Å². The van der Waals surface area contributed by atoms with Crippen LogP contribution in [0.25, 0.3) is 0 Å². The van der Waals surface area contributed by atoms with Crippen LogP contribution in [-0.2, 0) is 17.8 Å². The highest BCUT2D eigenvalue weighted by molar-refractivity contribution is 5.78. The van der Waals surface area contributed by atoms with E-state index in [0.717, 1.165) is 22.4 Å². The molecule has 0 aliphatic rings. The summed E-state index contributed by atoms with van der Waals surface area (Å²) < 4.78 is 0. The van der Waals surface area contributed by atoms with E-state index in [1.165, 1.54) is 0 Å². The lowest BCUT2D eigenvalue weighted by atomic mass is 10.1. The van der Waals surface area contributed by atoms with E-state index in [4.69, 9.17) is 5.73 Å². The summed E-state index contributed by atoms with van der Waals surface area (Å²) in [7, 11) is 0. The predicted molar refractivity (Wildman–Crippen MR) is 77.6 cm³/mol. The summed E-state index contributed by atoms with van der Waals surface area (Å²) >= 11 is 0. The summed E-state index contributed by atoms with van der Waals surface area (Å²) in [5.74, 6) is 0.0334. The molecule has 3 N–H and O–H groups in total. The third-order valence-electron chi connectivity index (χ3n) is 3.08. The van der Waals surface area contributed by atoms with Gasteiger partial charge in [-0.3, -0.25) is 4.79 Å². The van der Waals surface area contributed by atoms with Crippen LogP contribution in [0.15, 0.2) is 48.5 Å². The number of anilines is 1. The van der Waals surface area contributed by atoms with Gasteiger partial charge in [0.1, 0.15) is 0 Å². The standard InChI is InChI=1S/C16H18N2O/c1-12-4-2-3-5-14(12)10-16(19)18-11-13-6-8-15(17)9-7-13/h2-9H,10-11,17H2,1H3,(H,18,19). The van der Waals surface area contributed by atoms with E-state index in [-0.39, 0.29) is 5.91 Å². The van der Waals surface area contributed by atoms with Gasteiger partial charge in [0.25, 0.3) is 0 Å². The van der Waals surface area contributed by atoms with E-state index >= 15 is 0 Å². The van der Waals surface area contributed by atoms with Gasteiger partial charge in [-0.2, -0.15) is 0 Å². The van der Waals surface area contributed by atoms with Gasteiger partial charge in [-0.15, -0.1) is 0 Å². The zero-order valence-corrected chi connectivity index (χ0v) is 11.0. The molecule has 2 rings (SSSR count). The minimum atomic E-state index is 0.0334. The molecule has 0 unspecified atom stereocenters. The first-order chi connectivity index (χ1) is 9.15. The Morgan fingerprint density at radius 3 is 2.47 bits per heavy atom. The van der Waals surface area contributed by atoms with Crippen molar-refractivity contribution >= 4 is 11.6 Å². The molecule has 0 aliphatic heterocycles. The van der Waals surface area contributed by atoms with Gasteiger partial charge in [-0.05, 0) is 35.7 Å². The molecule has 0 bridgehead atoms. The maximum Gasteiger partial charge on any atom is 0.224 e. The molecule has 0 aromatic heterocycles. The van der Waals surface area contributed by atoms with Crippen LogP contribution < -0.4 is 11.1 Å². The van der Waals surface area contributed by atoms with Gasteiger partial charge in [0.2, 0.25) is 5.91 Å². The van der Waals surface area contributed by atoms with Gasteiger partial charge in [-0.1, -0.05) is 36.4 Å². The van der Waals surface area contributed by atoms with Crippen molar-refractivity contribution in [2.45, 2.75) is 19.9 Å². The van der Waals surface area contributed by atoms with Crippen LogP contribution in [0.2, 0.25) is 0 Å². The Balaban J connectivity index is 1.88. The number of nitrogen functional groups attached to an aromatic ring is 1. The molecule has 3 nitrogen and oxygen atoms in total. The molecule has 2 aromatic carbocycles.